The van der Waals surface area contributed by atoms with E-state index in [9.17, 15) is 0 Å². The van der Waals surface area contributed by atoms with Gasteiger partial charge in [0.1, 0.15) is 17.7 Å². The molecule has 2 unspecified atom stereocenters. The van der Waals surface area contributed by atoms with Gasteiger partial charge >= 0.3 is 0 Å². The van der Waals surface area contributed by atoms with Crippen LogP contribution in [0.5, 0.6) is 5.88 Å². The van der Waals surface area contributed by atoms with E-state index in [0.29, 0.717) is 6.04 Å². The Kier molecular flexibility index (Phi) is 4.87. The van der Waals surface area contributed by atoms with E-state index in [2.05, 4.69) is 62.6 Å². The molecule has 6 rings (SSSR count). The second-order valence-electron chi connectivity index (χ2n) is 8.91. The summed E-state index contributed by atoms with van der Waals surface area (Å²) in [6.07, 6.45) is 8.54. The zero-order valence-electron chi connectivity index (χ0n) is 17.8. The number of nitrogens with one attached hydrogen (secondary N) is 2. The predicted octanol–water partition coefficient (Wildman–Crippen LogP) is 4.04. The van der Waals surface area contributed by atoms with Crippen LogP contribution < -0.4 is 15.4 Å². The number of fused-ring (bicyclic) bond motifs is 3. The van der Waals surface area contributed by atoms with Crippen molar-refractivity contribution >= 4 is 5.82 Å². The Hall–Kier alpha value is -2.86. The van der Waals surface area contributed by atoms with Crippen molar-refractivity contribution in [2.75, 3.05) is 18.4 Å². The minimum atomic E-state index is 0.215. The number of piperidine rings is 1. The molecule has 2 N–H and O–H groups in total. The van der Waals surface area contributed by atoms with Gasteiger partial charge in [-0.05, 0) is 55.8 Å². The molecule has 3 aliphatic rings. The van der Waals surface area contributed by atoms with E-state index in [1.807, 2.05) is 6.20 Å². The summed E-state index contributed by atoms with van der Waals surface area (Å²) in [5.74, 6) is 3.16. The van der Waals surface area contributed by atoms with Gasteiger partial charge in [-0.15, -0.1) is 0 Å². The third-order valence-corrected chi connectivity index (χ3v) is 6.87. The summed E-state index contributed by atoms with van der Waals surface area (Å²) in [6.45, 7) is 1.99. The Labute approximate surface area is 183 Å². The van der Waals surface area contributed by atoms with E-state index in [1.165, 1.54) is 28.5 Å². The van der Waals surface area contributed by atoms with Gasteiger partial charge in [-0.1, -0.05) is 30.3 Å². The molecule has 1 fully saturated rings. The Morgan fingerprint density at radius 3 is 2.81 bits per heavy atom. The lowest BCUT2D eigenvalue weighted by atomic mass is 9.98. The van der Waals surface area contributed by atoms with Crippen molar-refractivity contribution in [1.29, 1.82) is 0 Å². The van der Waals surface area contributed by atoms with Crippen LogP contribution in [0.25, 0.3) is 0 Å². The largest absolute Gasteiger partial charge is 0.473 e. The summed E-state index contributed by atoms with van der Waals surface area (Å²) in [6, 6.07) is 15.7. The van der Waals surface area contributed by atoms with Gasteiger partial charge in [0.25, 0.3) is 0 Å². The number of benzene rings is 1. The maximum absolute atomic E-state index is 6.17. The van der Waals surface area contributed by atoms with Crippen molar-refractivity contribution in [2.45, 2.75) is 56.7 Å². The minimum absolute atomic E-state index is 0.215. The van der Waals surface area contributed by atoms with Gasteiger partial charge in [-0.3, -0.25) is 0 Å². The molecule has 0 radical (unpaired) electrons. The smallest absolute Gasteiger partial charge is 0.213 e. The normalized spacial score (nSPS) is 24.8. The Bertz CT molecular complexity index is 1060. The lowest BCUT2D eigenvalue weighted by Crippen LogP contribution is -2.37. The first-order valence-corrected chi connectivity index (χ1v) is 11.6. The first-order chi connectivity index (χ1) is 15.3. The van der Waals surface area contributed by atoms with Crippen molar-refractivity contribution in [3.63, 3.8) is 0 Å². The maximum atomic E-state index is 6.17. The van der Waals surface area contributed by atoms with Gasteiger partial charge in [-0.2, -0.15) is 0 Å². The molecule has 31 heavy (non-hydrogen) atoms. The third-order valence-electron chi connectivity index (χ3n) is 6.87. The number of ether oxygens (including phenoxy) is 1. The summed E-state index contributed by atoms with van der Waals surface area (Å²) in [4.78, 5) is 9.46. The molecule has 0 saturated carbocycles. The van der Waals surface area contributed by atoms with Gasteiger partial charge in [0.15, 0.2) is 0 Å². The molecule has 1 saturated heterocycles. The van der Waals surface area contributed by atoms with Gasteiger partial charge in [0.2, 0.25) is 5.88 Å². The number of anilines is 1. The molecular weight excluding hydrogens is 386 g/mol. The van der Waals surface area contributed by atoms with Crippen LogP contribution in [0.3, 0.4) is 0 Å². The van der Waals surface area contributed by atoms with Gasteiger partial charge in [0.05, 0.1) is 17.8 Å². The van der Waals surface area contributed by atoms with Crippen LogP contribution in [0.1, 0.15) is 60.4 Å². The molecule has 0 spiro atoms. The molecule has 6 nitrogen and oxygen atoms in total. The molecule has 6 heteroatoms. The molecule has 0 amide bonds. The van der Waals surface area contributed by atoms with Crippen LogP contribution >= 0.6 is 0 Å². The van der Waals surface area contributed by atoms with E-state index in [4.69, 9.17) is 9.72 Å². The van der Waals surface area contributed by atoms with Crippen molar-refractivity contribution < 1.29 is 4.74 Å². The quantitative estimate of drug-likeness (QED) is 0.673. The lowest BCUT2D eigenvalue weighted by molar-refractivity contribution is 0.160. The fourth-order valence-corrected chi connectivity index (χ4v) is 5.32. The number of imidazole rings is 1. The van der Waals surface area contributed by atoms with E-state index in [0.717, 1.165) is 57.5 Å². The Balaban J connectivity index is 1.25. The first kappa shape index (κ1) is 18.9. The summed E-state index contributed by atoms with van der Waals surface area (Å²) in [7, 11) is 0. The average Bonchev–Trinajstić information content (AvgIpc) is 3.40. The fourth-order valence-electron chi connectivity index (χ4n) is 5.32. The summed E-state index contributed by atoms with van der Waals surface area (Å²) in [5.41, 5.74) is 3.82. The van der Waals surface area contributed by atoms with Crippen molar-refractivity contribution in [3.05, 3.63) is 71.3 Å². The van der Waals surface area contributed by atoms with Crippen LogP contribution in [0.2, 0.25) is 0 Å². The predicted molar refractivity (Wildman–Crippen MR) is 121 cm³/mol. The van der Waals surface area contributed by atoms with Gasteiger partial charge in [0, 0.05) is 25.2 Å². The summed E-state index contributed by atoms with van der Waals surface area (Å²) < 4.78 is 8.62. The third kappa shape index (κ3) is 3.59. The van der Waals surface area contributed by atoms with Crippen LogP contribution in [0.4, 0.5) is 5.82 Å². The van der Waals surface area contributed by atoms with Crippen molar-refractivity contribution in [2.24, 2.45) is 0 Å². The number of pyridine rings is 1. The number of hydrogen-bond donors (Lipinski definition) is 2. The summed E-state index contributed by atoms with van der Waals surface area (Å²) in [5, 5.41) is 7.24. The van der Waals surface area contributed by atoms with E-state index in [-0.39, 0.29) is 12.1 Å². The molecule has 3 aliphatic heterocycles. The molecule has 0 bridgehead atoms. The Morgan fingerprint density at radius 1 is 1.00 bits per heavy atom. The van der Waals surface area contributed by atoms with Crippen molar-refractivity contribution in [1.82, 2.24) is 19.9 Å². The average molecular weight is 416 g/mol. The zero-order valence-corrected chi connectivity index (χ0v) is 17.8. The summed E-state index contributed by atoms with van der Waals surface area (Å²) >= 11 is 0. The lowest BCUT2D eigenvalue weighted by Gasteiger charge is -2.28. The monoisotopic (exact) mass is 415 g/mol. The Morgan fingerprint density at radius 2 is 1.94 bits per heavy atom. The maximum Gasteiger partial charge on any atom is 0.213 e. The second-order valence-corrected chi connectivity index (χ2v) is 8.91. The number of aromatic nitrogens is 3. The SMILES string of the molecule is c1ccc([C@H]2CCc3nc4c(n32)NC(c2ccnc(OC3CCCNC3)c2)CC4)cc1. The van der Waals surface area contributed by atoms with Gasteiger partial charge < -0.3 is 19.9 Å². The number of rotatable bonds is 4. The molecule has 2 aromatic heterocycles. The molecule has 3 aromatic rings. The standard InChI is InChI=1S/C25H29N5O/c1-2-5-17(6-3-1)22-10-11-23-28-21-9-8-20(29-25(21)30(22)23)18-12-14-27-24(15-18)31-19-7-4-13-26-16-19/h1-3,5-6,12,14-15,19-20,22,26,29H,4,7-11,13,16H2/t19?,20?,22-/m1/s1. The van der Waals surface area contributed by atoms with E-state index in [1.54, 1.807) is 0 Å². The highest BCUT2D eigenvalue weighted by molar-refractivity contribution is 5.51. The molecule has 160 valence electrons. The molecule has 0 aliphatic carbocycles. The number of nitrogens with zero attached hydrogens (tertiary/aromatic N) is 3. The topological polar surface area (TPSA) is 64.0 Å². The fraction of sp³-hybridized carbons (Fsp3) is 0.440. The highest BCUT2D eigenvalue weighted by atomic mass is 16.5. The van der Waals surface area contributed by atoms with E-state index >= 15 is 0 Å². The molecule has 1 aromatic carbocycles. The van der Waals surface area contributed by atoms with E-state index < -0.39 is 0 Å². The van der Waals surface area contributed by atoms with Gasteiger partial charge in [-0.25, -0.2) is 9.97 Å². The van der Waals surface area contributed by atoms with Crippen LogP contribution in [0.15, 0.2) is 48.7 Å². The van der Waals surface area contributed by atoms with Crippen LogP contribution in [-0.4, -0.2) is 33.7 Å². The zero-order chi connectivity index (χ0) is 20.6. The molecule has 5 heterocycles. The first-order valence-electron chi connectivity index (χ1n) is 11.6. The van der Waals surface area contributed by atoms with Crippen molar-refractivity contribution in [3.8, 4) is 5.88 Å². The highest BCUT2D eigenvalue weighted by Crippen LogP contribution is 2.41. The molecule has 3 atom stereocenters. The van der Waals surface area contributed by atoms with Crippen LogP contribution in [-0.2, 0) is 12.8 Å². The molecular formula is C25H29N5O. The second kappa shape index (κ2) is 8.00. The number of aryl methyl sites for hydroxylation is 2. The number of hydrogen-bond acceptors (Lipinski definition) is 5. The van der Waals surface area contributed by atoms with Crippen LogP contribution in [0, 0.1) is 0 Å². The minimum Gasteiger partial charge on any atom is -0.473 e. The highest BCUT2D eigenvalue weighted by Gasteiger charge is 2.33.